The number of hydrogen-bond donors (Lipinski definition) is 0. The highest BCUT2D eigenvalue weighted by Crippen LogP contribution is 2.27. The molecular formula is C24H25N7O. The van der Waals surface area contributed by atoms with Crippen molar-refractivity contribution in [3.8, 4) is 11.3 Å². The van der Waals surface area contributed by atoms with Gasteiger partial charge in [0.1, 0.15) is 5.65 Å². The molecule has 0 aromatic carbocycles. The summed E-state index contributed by atoms with van der Waals surface area (Å²) in [6, 6.07) is 7.94. The van der Waals surface area contributed by atoms with E-state index < -0.39 is 0 Å². The number of likely N-dealkylation sites (N-methyl/N-ethyl adjacent to an activating group) is 1. The van der Waals surface area contributed by atoms with Crippen LogP contribution in [0, 0.1) is 0 Å². The van der Waals surface area contributed by atoms with Crippen LogP contribution in [0.5, 0.6) is 0 Å². The summed E-state index contributed by atoms with van der Waals surface area (Å²) in [4.78, 5) is 34.9. The number of hydrogen-bond acceptors (Lipinski definition) is 7. The number of piperazine rings is 1. The quantitative estimate of drug-likeness (QED) is 0.468. The zero-order valence-corrected chi connectivity index (χ0v) is 18.1. The lowest BCUT2D eigenvalue weighted by Crippen LogP contribution is -2.44. The molecule has 0 aliphatic carbocycles. The molecule has 1 fully saturated rings. The third kappa shape index (κ3) is 4.22. The number of Topliss-reactive ketones (excluding diaryl/α,β-unsaturated/α-hetero) is 1. The Labute approximate surface area is 186 Å². The molecule has 0 bridgehead atoms. The molecule has 0 radical (unpaired) electrons. The van der Waals surface area contributed by atoms with Crippen molar-refractivity contribution < 1.29 is 4.79 Å². The van der Waals surface area contributed by atoms with Gasteiger partial charge < -0.3 is 14.4 Å². The topological polar surface area (TPSA) is 80.0 Å². The molecule has 5 heterocycles. The Morgan fingerprint density at radius 1 is 0.938 bits per heavy atom. The van der Waals surface area contributed by atoms with Gasteiger partial charge in [-0.1, -0.05) is 0 Å². The third-order valence-corrected chi connectivity index (χ3v) is 5.89. The van der Waals surface area contributed by atoms with E-state index in [9.17, 15) is 4.79 Å². The molecule has 162 valence electrons. The smallest absolute Gasteiger partial charge is 0.158 e. The van der Waals surface area contributed by atoms with E-state index in [1.807, 2.05) is 29.1 Å². The SMILES string of the molecule is CN1CCN(c2ccnc3c2ccn3CC(=O)Cc2ccc(-c3cnccn3)cn2)CC1. The summed E-state index contributed by atoms with van der Waals surface area (Å²) in [5, 5.41) is 1.09. The van der Waals surface area contributed by atoms with Crippen LogP contribution in [0.1, 0.15) is 5.69 Å². The second kappa shape index (κ2) is 8.84. The second-order valence-corrected chi connectivity index (χ2v) is 8.15. The molecule has 8 nitrogen and oxygen atoms in total. The molecule has 5 rings (SSSR count). The summed E-state index contributed by atoms with van der Waals surface area (Å²) in [5.41, 5.74) is 4.42. The highest BCUT2D eigenvalue weighted by atomic mass is 16.1. The van der Waals surface area contributed by atoms with Crippen LogP contribution in [0.3, 0.4) is 0 Å². The average molecular weight is 428 g/mol. The summed E-state index contributed by atoms with van der Waals surface area (Å²) in [6.45, 7) is 4.36. The normalized spacial score (nSPS) is 14.7. The fourth-order valence-corrected chi connectivity index (χ4v) is 4.10. The molecule has 8 heteroatoms. The van der Waals surface area contributed by atoms with Gasteiger partial charge in [0.2, 0.25) is 0 Å². The molecule has 0 N–H and O–H groups in total. The third-order valence-electron chi connectivity index (χ3n) is 5.89. The lowest BCUT2D eigenvalue weighted by atomic mass is 10.1. The van der Waals surface area contributed by atoms with Gasteiger partial charge in [-0.05, 0) is 31.3 Å². The number of fused-ring (bicyclic) bond motifs is 1. The Kier molecular flexibility index (Phi) is 5.60. The molecule has 1 aliphatic heterocycles. The number of nitrogens with zero attached hydrogens (tertiary/aromatic N) is 7. The first-order valence-corrected chi connectivity index (χ1v) is 10.8. The van der Waals surface area contributed by atoms with Gasteiger partial charge in [-0.2, -0.15) is 0 Å². The minimum atomic E-state index is 0.0917. The van der Waals surface area contributed by atoms with E-state index in [1.165, 1.54) is 5.69 Å². The first-order valence-electron chi connectivity index (χ1n) is 10.8. The number of aromatic nitrogens is 5. The minimum absolute atomic E-state index is 0.0917. The molecule has 4 aromatic heterocycles. The van der Waals surface area contributed by atoms with Crippen LogP contribution in [0.2, 0.25) is 0 Å². The molecule has 1 saturated heterocycles. The molecule has 0 amide bonds. The Hall–Kier alpha value is -3.65. The summed E-state index contributed by atoms with van der Waals surface area (Å²) >= 11 is 0. The van der Waals surface area contributed by atoms with E-state index in [0.717, 1.165) is 54.2 Å². The zero-order valence-electron chi connectivity index (χ0n) is 18.1. The Bertz CT molecular complexity index is 1210. The second-order valence-electron chi connectivity index (χ2n) is 8.15. The average Bonchev–Trinajstić information content (AvgIpc) is 3.23. The summed E-state index contributed by atoms with van der Waals surface area (Å²) in [5.74, 6) is 0.0917. The van der Waals surface area contributed by atoms with Crippen molar-refractivity contribution in [2.75, 3.05) is 38.1 Å². The Morgan fingerprint density at radius 2 is 1.81 bits per heavy atom. The van der Waals surface area contributed by atoms with E-state index in [2.05, 4.69) is 48.9 Å². The van der Waals surface area contributed by atoms with E-state index >= 15 is 0 Å². The fourth-order valence-electron chi connectivity index (χ4n) is 4.10. The predicted molar refractivity (Wildman–Crippen MR) is 123 cm³/mol. The standard InChI is InChI=1S/C24H25N7O/c1-29-10-12-30(13-11-29)23-4-6-27-24-21(23)5-9-31(24)17-20(32)14-19-3-2-18(15-28-19)22-16-25-7-8-26-22/h2-9,15-16H,10-14,17H2,1H3. The highest BCUT2D eigenvalue weighted by molar-refractivity contribution is 5.91. The number of carbonyl (C=O) groups is 1. The lowest BCUT2D eigenvalue weighted by Gasteiger charge is -2.34. The number of anilines is 1. The molecule has 32 heavy (non-hydrogen) atoms. The maximum absolute atomic E-state index is 12.8. The predicted octanol–water partition coefficient (Wildman–Crippen LogP) is 2.45. The van der Waals surface area contributed by atoms with E-state index in [0.29, 0.717) is 0 Å². The van der Waals surface area contributed by atoms with Crippen LogP contribution < -0.4 is 4.90 Å². The zero-order chi connectivity index (χ0) is 21.9. The molecule has 4 aromatic rings. The summed E-state index contributed by atoms with van der Waals surface area (Å²) in [7, 11) is 2.15. The number of ketones is 1. The van der Waals surface area contributed by atoms with Crippen molar-refractivity contribution in [1.82, 2.24) is 29.4 Å². The lowest BCUT2D eigenvalue weighted by molar-refractivity contribution is -0.119. The van der Waals surface area contributed by atoms with Crippen molar-refractivity contribution >= 4 is 22.5 Å². The van der Waals surface area contributed by atoms with Crippen LogP contribution in [0.4, 0.5) is 5.69 Å². The largest absolute Gasteiger partial charge is 0.368 e. The van der Waals surface area contributed by atoms with Crippen molar-refractivity contribution in [3.63, 3.8) is 0 Å². The molecule has 0 atom stereocenters. The van der Waals surface area contributed by atoms with E-state index in [1.54, 1.807) is 24.8 Å². The van der Waals surface area contributed by atoms with Crippen LogP contribution in [-0.4, -0.2) is 68.4 Å². The van der Waals surface area contributed by atoms with Gasteiger partial charge >= 0.3 is 0 Å². The van der Waals surface area contributed by atoms with Crippen LogP contribution >= 0.6 is 0 Å². The van der Waals surface area contributed by atoms with Gasteiger partial charge in [0.05, 0.1) is 24.9 Å². The number of rotatable bonds is 6. The van der Waals surface area contributed by atoms with Crippen molar-refractivity contribution in [2.24, 2.45) is 0 Å². The van der Waals surface area contributed by atoms with Crippen molar-refractivity contribution in [1.29, 1.82) is 0 Å². The van der Waals surface area contributed by atoms with Gasteiger partial charge in [-0.3, -0.25) is 19.7 Å². The fraction of sp³-hybridized carbons (Fsp3) is 0.292. The van der Waals surface area contributed by atoms with Gasteiger partial charge in [0.25, 0.3) is 0 Å². The monoisotopic (exact) mass is 427 g/mol. The van der Waals surface area contributed by atoms with Crippen molar-refractivity contribution in [3.05, 3.63) is 67.1 Å². The van der Waals surface area contributed by atoms with Gasteiger partial charge in [0, 0.05) is 79.5 Å². The van der Waals surface area contributed by atoms with Gasteiger partial charge in [-0.25, -0.2) is 4.98 Å². The molecule has 0 spiro atoms. The van der Waals surface area contributed by atoms with Crippen molar-refractivity contribution in [2.45, 2.75) is 13.0 Å². The molecule has 1 aliphatic rings. The number of pyridine rings is 2. The van der Waals surface area contributed by atoms with E-state index in [4.69, 9.17) is 0 Å². The van der Waals surface area contributed by atoms with Crippen LogP contribution in [0.25, 0.3) is 22.3 Å². The first kappa shape index (κ1) is 20.3. The first-order chi connectivity index (χ1) is 15.7. The highest BCUT2D eigenvalue weighted by Gasteiger charge is 2.18. The van der Waals surface area contributed by atoms with E-state index in [-0.39, 0.29) is 18.7 Å². The molecular weight excluding hydrogens is 402 g/mol. The van der Waals surface area contributed by atoms with Crippen LogP contribution in [-0.2, 0) is 17.8 Å². The summed E-state index contributed by atoms with van der Waals surface area (Å²) < 4.78 is 1.94. The maximum atomic E-state index is 12.8. The maximum Gasteiger partial charge on any atom is 0.158 e. The molecule has 0 unspecified atom stereocenters. The molecule has 0 saturated carbocycles. The Morgan fingerprint density at radius 3 is 2.56 bits per heavy atom. The minimum Gasteiger partial charge on any atom is -0.368 e. The Balaban J connectivity index is 1.28. The van der Waals surface area contributed by atoms with Gasteiger partial charge in [-0.15, -0.1) is 0 Å². The number of carbonyl (C=O) groups excluding carboxylic acids is 1. The summed E-state index contributed by atoms with van der Waals surface area (Å²) in [6.07, 6.45) is 10.8. The van der Waals surface area contributed by atoms with Gasteiger partial charge in [0.15, 0.2) is 5.78 Å². The van der Waals surface area contributed by atoms with Crippen LogP contribution in [0.15, 0.2) is 61.4 Å².